The molecule has 0 spiro atoms. The monoisotopic (exact) mass is 550 g/mol. The molecule has 1 aromatic heterocycles. The number of benzene rings is 4. The van der Waals surface area contributed by atoms with Crippen molar-refractivity contribution < 1.29 is 23.7 Å². The topological polar surface area (TPSA) is 81.8 Å². The van der Waals surface area contributed by atoms with Gasteiger partial charge < -0.3 is 29.2 Å². The maximum absolute atomic E-state index is 11.9. The van der Waals surface area contributed by atoms with Gasteiger partial charge in [0.2, 0.25) is 0 Å². The van der Waals surface area contributed by atoms with E-state index in [-0.39, 0.29) is 0 Å². The lowest BCUT2D eigenvalue weighted by atomic mass is 10.1. The van der Waals surface area contributed by atoms with Gasteiger partial charge in [0.25, 0.3) is 0 Å². The maximum atomic E-state index is 11.9. The first-order valence-electron chi connectivity index (χ1n) is 13.8. The van der Waals surface area contributed by atoms with Crippen LogP contribution in [0, 0.1) is 0 Å². The SMILES string of the molecule is CCOC(=O)NCCc1c[nH]c2c(OCc3ccccc3)cc(OCc3ccccc3)c(OCc3ccccc3)c12. The Morgan fingerprint density at radius 3 is 1.83 bits per heavy atom. The van der Waals surface area contributed by atoms with Crippen molar-refractivity contribution in [3.05, 3.63) is 126 Å². The quantitative estimate of drug-likeness (QED) is 0.162. The van der Waals surface area contributed by atoms with Crippen molar-refractivity contribution in [2.24, 2.45) is 0 Å². The Bertz CT molecular complexity index is 1540. The standard InChI is InChI=1S/C34H34N2O5/c1-2-38-34(37)35-19-18-28-21-36-32-29(39-22-25-12-6-3-7-13-25)20-30(40-23-26-14-8-4-9-15-26)33(31(28)32)41-24-27-16-10-5-11-17-27/h3-17,20-21,36H,2,18-19,22-24H2,1H3,(H,35,37). The van der Waals surface area contributed by atoms with Gasteiger partial charge in [0.05, 0.1) is 17.5 Å². The summed E-state index contributed by atoms with van der Waals surface area (Å²) in [4.78, 5) is 15.3. The first-order valence-corrected chi connectivity index (χ1v) is 13.8. The Hall–Kier alpha value is -4.91. The summed E-state index contributed by atoms with van der Waals surface area (Å²) >= 11 is 0. The van der Waals surface area contributed by atoms with E-state index in [1.807, 2.05) is 103 Å². The van der Waals surface area contributed by atoms with E-state index in [1.54, 1.807) is 6.92 Å². The number of aromatic nitrogens is 1. The number of H-pyrrole nitrogens is 1. The van der Waals surface area contributed by atoms with Gasteiger partial charge in [0, 0.05) is 18.8 Å². The summed E-state index contributed by atoms with van der Waals surface area (Å²) in [7, 11) is 0. The van der Waals surface area contributed by atoms with Crippen LogP contribution in [-0.4, -0.2) is 24.2 Å². The number of fused-ring (bicyclic) bond motifs is 1. The van der Waals surface area contributed by atoms with Crippen LogP contribution in [0.25, 0.3) is 10.9 Å². The molecule has 0 aliphatic carbocycles. The molecule has 0 fully saturated rings. The predicted molar refractivity (Wildman–Crippen MR) is 159 cm³/mol. The van der Waals surface area contributed by atoms with Crippen LogP contribution in [0.2, 0.25) is 0 Å². The third-order valence-electron chi connectivity index (χ3n) is 6.56. The molecule has 1 heterocycles. The molecule has 0 radical (unpaired) electrons. The number of alkyl carbamates (subject to hydrolysis) is 1. The van der Waals surface area contributed by atoms with Crippen molar-refractivity contribution in [3.63, 3.8) is 0 Å². The van der Waals surface area contributed by atoms with Crippen LogP contribution in [0.5, 0.6) is 17.2 Å². The van der Waals surface area contributed by atoms with Gasteiger partial charge in [-0.25, -0.2) is 4.79 Å². The summed E-state index contributed by atoms with van der Waals surface area (Å²) in [5.74, 6) is 1.86. The van der Waals surface area contributed by atoms with Gasteiger partial charge in [-0.15, -0.1) is 0 Å². The second-order valence-corrected chi connectivity index (χ2v) is 9.49. The highest BCUT2D eigenvalue weighted by molar-refractivity contribution is 5.96. The fourth-order valence-corrected chi connectivity index (χ4v) is 4.54. The molecular formula is C34H34N2O5. The zero-order valence-corrected chi connectivity index (χ0v) is 23.1. The van der Waals surface area contributed by atoms with Crippen LogP contribution < -0.4 is 19.5 Å². The van der Waals surface area contributed by atoms with E-state index in [9.17, 15) is 4.79 Å². The number of carbonyl (C=O) groups is 1. The van der Waals surface area contributed by atoms with Crippen LogP contribution in [-0.2, 0) is 31.0 Å². The zero-order valence-electron chi connectivity index (χ0n) is 23.1. The third-order valence-corrected chi connectivity index (χ3v) is 6.56. The van der Waals surface area contributed by atoms with Gasteiger partial charge in [-0.2, -0.15) is 0 Å². The Labute approximate surface area is 240 Å². The molecule has 7 nitrogen and oxygen atoms in total. The summed E-state index contributed by atoms with van der Waals surface area (Å²) in [6.45, 7) is 3.64. The number of carbonyl (C=O) groups excluding carboxylic acids is 1. The van der Waals surface area contributed by atoms with E-state index in [2.05, 4.69) is 10.3 Å². The molecule has 0 unspecified atom stereocenters. The van der Waals surface area contributed by atoms with Crippen LogP contribution in [0.15, 0.2) is 103 Å². The molecule has 2 N–H and O–H groups in total. The molecule has 7 heteroatoms. The van der Waals surface area contributed by atoms with Gasteiger partial charge in [0.1, 0.15) is 25.6 Å². The van der Waals surface area contributed by atoms with Crippen molar-refractivity contribution in [1.29, 1.82) is 0 Å². The summed E-state index contributed by atoms with van der Waals surface area (Å²) < 4.78 is 24.3. The van der Waals surface area contributed by atoms with Gasteiger partial charge in [-0.05, 0) is 35.6 Å². The summed E-state index contributed by atoms with van der Waals surface area (Å²) in [5, 5.41) is 3.67. The van der Waals surface area contributed by atoms with E-state index in [0.29, 0.717) is 56.6 Å². The first-order chi connectivity index (χ1) is 20.2. The Morgan fingerprint density at radius 1 is 0.732 bits per heavy atom. The number of aromatic amines is 1. The minimum absolute atomic E-state index is 0.320. The molecule has 0 saturated heterocycles. The van der Waals surface area contributed by atoms with Gasteiger partial charge in [-0.1, -0.05) is 91.0 Å². The number of rotatable bonds is 13. The highest BCUT2D eigenvalue weighted by atomic mass is 16.5. The number of hydrogen-bond acceptors (Lipinski definition) is 5. The fourth-order valence-electron chi connectivity index (χ4n) is 4.54. The minimum Gasteiger partial charge on any atom is -0.487 e. The van der Waals surface area contributed by atoms with Crippen LogP contribution >= 0.6 is 0 Å². The Kier molecular flexibility index (Phi) is 9.40. The smallest absolute Gasteiger partial charge is 0.407 e. The molecule has 1 amide bonds. The number of hydrogen-bond donors (Lipinski definition) is 2. The number of amides is 1. The molecule has 41 heavy (non-hydrogen) atoms. The molecule has 0 aliphatic rings. The summed E-state index contributed by atoms with van der Waals surface area (Å²) in [5.41, 5.74) is 4.92. The molecule has 0 aliphatic heterocycles. The Morgan fingerprint density at radius 2 is 1.27 bits per heavy atom. The van der Waals surface area contributed by atoms with E-state index in [1.165, 1.54) is 0 Å². The van der Waals surface area contributed by atoms with Crippen molar-refractivity contribution in [2.45, 2.75) is 33.2 Å². The third kappa shape index (κ3) is 7.39. The average molecular weight is 551 g/mol. The number of ether oxygens (including phenoxy) is 4. The minimum atomic E-state index is -0.438. The summed E-state index contributed by atoms with van der Waals surface area (Å²) in [6, 6.07) is 32.0. The molecule has 0 saturated carbocycles. The average Bonchev–Trinajstić information content (AvgIpc) is 3.44. The highest BCUT2D eigenvalue weighted by Crippen LogP contribution is 2.44. The molecule has 210 valence electrons. The molecule has 4 aromatic carbocycles. The second-order valence-electron chi connectivity index (χ2n) is 9.49. The zero-order chi connectivity index (χ0) is 28.3. The maximum Gasteiger partial charge on any atom is 0.407 e. The second kappa shape index (κ2) is 13.9. The van der Waals surface area contributed by atoms with E-state index >= 15 is 0 Å². The lowest BCUT2D eigenvalue weighted by Crippen LogP contribution is -2.26. The van der Waals surface area contributed by atoms with E-state index in [4.69, 9.17) is 18.9 Å². The van der Waals surface area contributed by atoms with Gasteiger partial charge in [-0.3, -0.25) is 0 Å². The first kappa shape index (κ1) is 27.6. The van der Waals surface area contributed by atoms with Crippen molar-refractivity contribution in [3.8, 4) is 17.2 Å². The predicted octanol–water partition coefficient (Wildman–Crippen LogP) is 7.19. The van der Waals surface area contributed by atoms with Gasteiger partial charge >= 0.3 is 6.09 Å². The fraction of sp³-hybridized carbons (Fsp3) is 0.206. The van der Waals surface area contributed by atoms with E-state index < -0.39 is 6.09 Å². The van der Waals surface area contributed by atoms with Crippen LogP contribution in [0.1, 0.15) is 29.2 Å². The van der Waals surface area contributed by atoms with Crippen molar-refractivity contribution in [1.82, 2.24) is 10.3 Å². The molecule has 5 aromatic rings. The largest absolute Gasteiger partial charge is 0.487 e. The molecule has 0 bridgehead atoms. The highest BCUT2D eigenvalue weighted by Gasteiger charge is 2.21. The summed E-state index contributed by atoms with van der Waals surface area (Å²) in [6.07, 6.45) is 2.05. The molecular weight excluding hydrogens is 516 g/mol. The van der Waals surface area contributed by atoms with Crippen LogP contribution in [0.4, 0.5) is 4.79 Å². The van der Waals surface area contributed by atoms with Crippen molar-refractivity contribution >= 4 is 17.0 Å². The van der Waals surface area contributed by atoms with E-state index in [0.717, 1.165) is 33.2 Å². The normalized spacial score (nSPS) is 10.8. The lowest BCUT2D eigenvalue weighted by molar-refractivity contribution is 0.152. The lowest BCUT2D eigenvalue weighted by Gasteiger charge is -2.18. The Balaban J connectivity index is 1.51. The molecule has 5 rings (SSSR count). The van der Waals surface area contributed by atoms with Crippen LogP contribution in [0.3, 0.4) is 0 Å². The van der Waals surface area contributed by atoms with Crippen molar-refractivity contribution in [2.75, 3.05) is 13.2 Å². The molecule has 0 atom stereocenters. The van der Waals surface area contributed by atoms with Gasteiger partial charge in [0.15, 0.2) is 11.5 Å². The number of nitrogens with one attached hydrogen (secondary N) is 2.